The second-order valence-electron chi connectivity index (χ2n) is 4.43. The number of likely N-dealkylation sites (N-methyl/N-ethyl adjacent to an activating group) is 2. The fraction of sp³-hybridized carbons (Fsp3) is 0.909. The van der Waals surface area contributed by atoms with Crippen LogP contribution in [0.3, 0.4) is 0 Å². The molecule has 1 fully saturated rings. The normalized spacial score (nSPS) is 20.8. The zero-order valence-corrected chi connectivity index (χ0v) is 10.7. The molecule has 0 radical (unpaired) electrons. The van der Waals surface area contributed by atoms with Gasteiger partial charge in [0.15, 0.2) is 0 Å². The third kappa shape index (κ3) is 3.17. The summed E-state index contributed by atoms with van der Waals surface area (Å²) in [4.78, 5) is 19.3. The van der Waals surface area contributed by atoms with Gasteiger partial charge in [0.2, 0.25) is 0 Å². The summed E-state index contributed by atoms with van der Waals surface area (Å²) in [5.74, 6) is 0.422. The number of likely N-dealkylation sites (tertiary alicyclic amines) is 1. The lowest BCUT2D eigenvalue weighted by Crippen LogP contribution is -2.50. The van der Waals surface area contributed by atoms with E-state index in [0.717, 1.165) is 25.9 Å². The highest BCUT2D eigenvalue weighted by molar-refractivity contribution is 5.81. The highest BCUT2D eigenvalue weighted by Gasteiger charge is 2.31. The fourth-order valence-corrected chi connectivity index (χ4v) is 2.21. The van der Waals surface area contributed by atoms with Gasteiger partial charge >= 0.3 is 0 Å². The summed E-state index contributed by atoms with van der Waals surface area (Å²) < 4.78 is 0. The molecule has 1 aliphatic rings. The Kier molecular flexibility index (Phi) is 5.18. The number of hydrogen-bond donors (Lipinski definition) is 1. The molecule has 0 aromatic heterocycles. The molecule has 5 nitrogen and oxygen atoms in total. The molecule has 0 saturated carbocycles. The van der Waals surface area contributed by atoms with Crippen LogP contribution in [0, 0.1) is 5.92 Å². The standard InChI is InChI=1S/C11H23N3O2/c1-12-10(11(15)14(3)16-4)9-5-7-13(2)8-6-9/h9-10,12H,5-8H2,1-4H3. The summed E-state index contributed by atoms with van der Waals surface area (Å²) in [5.41, 5.74) is 0. The molecule has 1 aliphatic heterocycles. The quantitative estimate of drug-likeness (QED) is 0.686. The van der Waals surface area contributed by atoms with Crippen molar-refractivity contribution in [3.05, 3.63) is 0 Å². The molecule has 1 N–H and O–H groups in total. The van der Waals surface area contributed by atoms with E-state index < -0.39 is 0 Å². The van der Waals surface area contributed by atoms with E-state index in [0.29, 0.717) is 5.92 Å². The Balaban J connectivity index is 2.56. The van der Waals surface area contributed by atoms with E-state index in [4.69, 9.17) is 4.84 Å². The van der Waals surface area contributed by atoms with Crippen molar-refractivity contribution < 1.29 is 9.63 Å². The van der Waals surface area contributed by atoms with E-state index in [1.807, 2.05) is 7.05 Å². The van der Waals surface area contributed by atoms with Crippen LogP contribution in [0.1, 0.15) is 12.8 Å². The van der Waals surface area contributed by atoms with Gasteiger partial charge in [-0.05, 0) is 45.9 Å². The van der Waals surface area contributed by atoms with Crippen molar-refractivity contribution in [1.82, 2.24) is 15.3 Å². The van der Waals surface area contributed by atoms with Gasteiger partial charge in [0, 0.05) is 7.05 Å². The molecule has 0 bridgehead atoms. The van der Waals surface area contributed by atoms with E-state index >= 15 is 0 Å². The zero-order valence-electron chi connectivity index (χ0n) is 10.7. The van der Waals surface area contributed by atoms with Crippen LogP contribution in [0.4, 0.5) is 0 Å². The number of carbonyl (C=O) groups excluding carboxylic acids is 1. The Hall–Kier alpha value is -0.650. The second kappa shape index (κ2) is 6.18. The first-order chi connectivity index (χ1) is 7.60. The second-order valence-corrected chi connectivity index (χ2v) is 4.43. The van der Waals surface area contributed by atoms with Crippen LogP contribution in [-0.2, 0) is 9.63 Å². The van der Waals surface area contributed by atoms with Crippen LogP contribution in [0.5, 0.6) is 0 Å². The average Bonchev–Trinajstić information content (AvgIpc) is 2.31. The van der Waals surface area contributed by atoms with Crippen molar-refractivity contribution in [3.63, 3.8) is 0 Å². The zero-order chi connectivity index (χ0) is 12.1. The van der Waals surface area contributed by atoms with E-state index in [2.05, 4.69) is 17.3 Å². The SMILES string of the molecule is CNC(C(=O)N(C)OC)C1CCN(C)CC1. The Labute approximate surface area is 97.7 Å². The molecule has 0 aromatic rings. The van der Waals surface area contributed by atoms with Gasteiger partial charge < -0.3 is 10.2 Å². The molecule has 1 amide bonds. The first kappa shape index (κ1) is 13.4. The number of nitrogens with one attached hydrogen (secondary N) is 1. The number of hydrogen-bond acceptors (Lipinski definition) is 4. The molecule has 0 spiro atoms. The number of rotatable bonds is 4. The van der Waals surface area contributed by atoms with Crippen molar-refractivity contribution in [2.45, 2.75) is 18.9 Å². The molecule has 1 heterocycles. The van der Waals surface area contributed by atoms with Crippen LogP contribution in [0.25, 0.3) is 0 Å². The predicted octanol–water partition coefficient (Wildman–Crippen LogP) is -0.0640. The number of amides is 1. The molecular formula is C11H23N3O2. The lowest BCUT2D eigenvalue weighted by atomic mass is 9.89. The van der Waals surface area contributed by atoms with Crippen LogP contribution < -0.4 is 5.32 Å². The summed E-state index contributed by atoms with van der Waals surface area (Å²) in [6.45, 7) is 2.12. The highest BCUT2D eigenvalue weighted by atomic mass is 16.7. The minimum atomic E-state index is -0.126. The van der Waals surface area contributed by atoms with E-state index in [1.165, 1.54) is 12.2 Å². The lowest BCUT2D eigenvalue weighted by Gasteiger charge is -2.34. The van der Waals surface area contributed by atoms with Gasteiger partial charge in [0.1, 0.15) is 0 Å². The Morgan fingerprint density at radius 3 is 2.50 bits per heavy atom. The van der Waals surface area contributed by atoms with Gasteiger partial charge in [-0.1, -0.05) is 0 Å². The minimum absolute atomic E-state index is 0.0135. The van der Waals surface area contributed by atoms with Crippen LogP contribution in [0.15, 0.2) is 0 Å². The largest absolute Gasteiger partial charge is 0.309 e. The summed E-state index contributed by atoms with van der Waals surface area (Å²) in [6, 6.07) is -0.126. The van der Waals surface area contributed by atoms with Crippen molar-refractivity contribution in [2.24, 2.45) is 5.92 Å². The van der Waals surface area contributed by atoms with Crippen LogP contribution in [0.2, 0.25) is 0 Å². The minimum Gasteiger partial charge on any atom is -0.309 e. The molecule has 1 atom stereocenters. The topological polar surface area (TPSA) is 44.8 Å². The molecule has 16 heavy (non-hydrogen) atoms. The smallest absolute Gasteiger partial charge is 0.263 e. The van der Waals surface area contributed by atoms with E-state index in [-0.39, 0.29) is 11.9 Å². The first-order valence-electron chi connectivity index (χ1n) is 5.77. The maximum Gasteiger partial charge on any atom is 0.263 e. The molecule has 0 aliphatic carbocycles. The molecule has 5 heteroatoms. The summed E-state index contributed by atoms with van der Waals surface area (Å²) >= 11 is 0. The maximum absolute atomic E-state index is 12.0. The number of carbonyl (C=O) groups is 1. The van der Waals surface area contributed by atoms with Gasteiger partial charge in [0.25, 0.3) is 5.91 Å². The summed E-state index contributed by atoms with van der Waals surface area (Å²) in [7, 11) is 7.12. The molecule has 0 aromatic carbocycles. The molecule has 1 saturated heterocycles. The number of piperidine rings is 1. The van der Waals surface area contributed by atoms with Gasteiger partial charge in [-0.2, -0.15) is 0 Å². The van der Waals surface area contributed by atoms with Crippen molar-refractivity contribution in [1.29, 1.82) is 0 Å². The first-order valence-corrected chi connectivity index (χ1v) is 5.77. The lowest BCUT2D eigenvalue weighted by molar-refractivity contribution is -0.172. The van der Waals surface area contributed by atoms with Gasteiger partial charge in [-0.15, -0.1) is 0 Å². The fourth-order valence-electron chi connectivity index (χ4n) is 2.21. The van der Waals surface area contributed by atoms with Crippen LogP contribution in [-0.4, -0.2) is 63.3 Å². The maximum atomic E-state index is 12.0. The number of hydroxylamine groups is 2. The predicted molar refractivity (Wildman–Crippen MR) is 62.8 cm³/mol. The van der Waals surface area contributed by atoms with Gasteiger partial charge in [-0.25, -0.2) is 5.06 Å². The van der Waals surface area contributed by atoms with Gasteiger partial charge in [0.05, 0.1) is 13.2 Å². The van der Waals surface area contributed by atoms with E-state index in [1.54, 1.807) is 7.05 Å². The van der Waals surface area contributed by atoms with Crippen molar-refractivity contribution in [2.75, 3.05) is 41.3 Å². The molecule has 1 unspecified atom stereocenters. The average molecular weight is 229 g/mol. The Bertz CT molecular complexity index is 227. The Morgan fingerprint density at radius 2 is 2.06 bits per heavy atom. The monoisotopic (exact) mass is 229 g/mol. The highest BCUT2D eigenvalue weighted by Crippen LogP contribution is 2.20. The van der Waals surface area contributed by atoms with Crippen molar-refractivity contribution in [3.8, 4) is 0 Å². The summed E-state index contributed by atoms with van der Waals surface area (Å²) in [5, 5.41) is 4.42. The van der Waals surface area contributed by atoms with Crippen LogP contribution >= 0.6 is 0 Å². The molecule has 1 rings (SSSR count). The summed E-state index contributed by atoms with van der Waals surface area (Å²) in [6.07, 6.45) is 2.12. The molecular weight excluding hydrogens is 206 g/mol. The number of nitrogens with zero attached hydrogens (tertiary/aromatic N) is 2. The molecule has 94 valence electrons. The Morgan fingerprint density at radius 1 is 1.50 bits per heavy atom. The third-order valence-corrected chi connectivity index (χ3v) is 3.40. The van der Waals surface area contributed by atoms with E-state index in [9.17, 15) is 4.79 Å². The van der Waals surface area contributed by atoms with Gasteiger partial charge in [-0.3, -0.25) is 9.63 Å². The van der Waals surface area contributed by atoms with Crippen molar-refractivity contribution >= 4 is 5.91 Å². The third-order valence-electron chi connectivity index (χ3n) is 3.40.